The van der Waals surface area contributed by atoms with E-state index in [-0.39, 0.29) is 17.9 Å². The number of aromatic nitrogens is 3. The van der Waals surface area contributed by atoms with Crippen molar-refractivity contribution in [1.82, 2.24) is 19.9 Å². The minimum Gasteiger partial charge on any atom is -0.391 e. The number of aliphatic hydroxyl groups is 1. The molecule has 1 aromatic carbocycles. The second-order valence-electron chi connectivity index (χ2n) is 6.93. The van der Waals surface area contributed by atoms with Crippen molar-refractivity contribution >= 4 is 17.5 Å². The van der Waals surface area contributed by atoms with Crippen LogP contribution < -0.4 is 0 Å². The molecule has 1 saturated heterocycles. The van der Waals surface area contributed by atoms with Crippen LogP contribution in [0.1, 0.15) is 35.8 Å². The Kier molecular flexibility index (Phi) is 4.25. The van der Waals surface area contributed by atoms with Gasteiger partial charge in [0.15, 0.2) is 0 Å². The van der Waals surface area contributed by atoms with Gasteiger partial charge in [-0.15, -0.1) is 5.10 Å². The van der Waals surface area contributed by atoms with Gasteiger partial charge in [-0.1, -0.05) is 28.9 Å². The number of nitrogens with zero attached hydrogens (tertiary/aromatic N) is 4. The van der Waals surface area contributed by atoms with Crippen molar-refractivity contribution in [3.63, 3.8) is 0 Å². The third-order valence-electron chi connectivity index (χ3n) is 5.40. The second-order valence-corrected chi connectivity index (χ2v) is 7.37. The molecule has 1 aliphatic heterocycles. The van der Waals surface area contributed by atoms with E-state index >= 15 is 0 Å². The highest BCUT2D eigenvalue weighted by Crippen LogP contribution is 2.36. The third-order valence-corrected chi connectivity index (χ3v) is 5.65. The van der Waals surface area contributed by atoms with Gasteiger partial charge in [0.25, 0.3) is 0 Å². The molecule has 3 atom stereocenters. The van der Waals surface area contributed by atoms with Crippen LogP contribution in [0.25, 0.3) is 0 Å². The van der Waals surface area contributed by atoms with Gasteiger partial charge in [0, 0.05) is 31.0 Å². The van der Waals surface area contributed by atoms with Crippen LogP contribution in [0.15, 0.2) is 24.3 Å². The summed E-state index contributed by atoms with van der Waals surface area (Å²) >= 11 is 5.97. The number of hydrogen-bond acceptors (Lipinski definition) is 4. The number of carbonyl (C=O) groups excluding carboxylic acids is 1. The summed E-state index contributed by atoms with van der Waals surface area (Å²) in [4.78, 5) is 15.0. The second kappa shape index (κ2) is 6.42. The maximum atomic E-state index is 13.2. The first-order valence-electron chi connectivity index (χ1n) is 8.66. The van der Waals surface area contributed by atoms with Crippen LogP contribution in [0.4, 0.5) is 0 Å². The van der Waals surface area contributed by atoms with E-state index in [9.17, 15) is 9.90 Å². The lowest BCUT2D eigenvalue weighted by Crippen LogP contribution is -2.39. The number of hydrogen-bond donors (Lipinski definition) is 1. The molecule has 2 aliphatic rings. The maximum Gasteiger partial charge on any atom is 0.226 e. The van der Waals surface area contributed by atoms with E-state index < -0.39 is 6.10 Å². The first-order chi connectivity index (χ1) is 12.0. The third kappa shape index (κ3) is 2.93. The average molecular weight is 361 g/mol. The summed E-state index contributed by atoms with van der Waals surface area (Å²) in [6.07, 6.45) is 2.29. The minimum absolute atomic E-state index is 0.0789. The van der Waals surface area contributed by atoms with E-state index in [1.807, 2.05) is 24.1 Å². The van der Waals surface area contributed by atoms with E-state index in [1.54, 1.807) is 16.8 Å². The molecule has 1 aromatic heterocycles. The van der Waals surface area contributed by atoms with Crippen molar-refractivity contribution in [1.29, 1.82) is 0 Å². The van der Waals surface area contributed by atoms with Crippen LogP contribution in [-0.4, -0.2) is 43.6 Å². The predicted octanol–water partition coefficient (Wildman–Crippen LogP) is 1.91. The fourth-order valence-electron chi connectivity index (χ4n) is 4.04. The molecule has 7 heteroatoms. The Balaban J connectivity index is 1.57. The Morgan fingerprint density at radius 3 is 2.80 bits per heavy atom. The number of benzene rings is 1. The van der Waals surface area contributed by atoms with Crippen molar-refractivity contribution in [3.05, 3.63) is 46.2 Å². The van der Waals surface area contributed by atoms with Gasteiger partial charge in [-0.05, 0) is 37.0 Å². The Hall–Kier alpha value is -1.92. The zero-order chi connectivity index (χ0) is 17.6. The molecular weight excluding hydrogens is 340 g/mol. The Morgan fingerprint density at radius 1 is 1.28 bits per heavy atom. The van der Waals surface area contributed by atoms with Crippen molar-refractivity contribution in [2.45, 2.75) is 37.8 Å². The molecule has 132 valence electrons. The normalized spacial score (nSPS) is 25.9. The number of carbonyl (C=O) groups is 1. The van der Waals surface area contributed by atoms with Gasteiger partial charge in [-0.3, -0.25) is 9.48 Å². The molecule has 1 fully saturated rings. The van der Waals surface area contributed by atoms with Gasteiger partial charge in [-0.25, -0.2) is 0 Å². The Bertz CT molecular complexity index is 789. The lowest BCUT2D eigenvalue weighted by Gasteiger charge is -2.31. The summed E-state index contributed by atoms with van der Waals surface area (Å²) in [7, 11) is 1.87. The predicted molar refractivity (Wildman–Crippen MR) is 93.0 cm³/mol. The monoisotopic (exact) mass is 360 g/mol. The molecule has 1 unspecified atom stereocenters. The molecule has 0 spiro atoms. The molecule has 1 aliphatic carbocycles. The van der Waals surface area contributed by atoms with Crippen molar-refractivity contribution < 1.29 is 9.90 Å². The smallest absolute Gasteiger partial charge is 0.226 e. The summed E-state index contributed by atoms with van der Waals surface area (Å²) in [5.41, 5.74) is 2.98. The van der Waals surface area contributed by atoms with Crippen molar-refractivity contribution in [2.75, 3.05) is 6.54 Å². The summed E-state index contributed by atoms with van der Waals surface area (Å²) in [6.45, 7) is 0.584. The Labute approximate surface area is 151 Å². The number of rotatable bonds is 2. The van der Waals surface area contributed by atoms with Crippen molar-refractivity contribution in [3.8, 4) is 0 Å². The highest BCUT2D eigenvalue weighted by atomic mass is 35.5. The fourth-order valence-corrected chi connectivity index (χ4v) is 4.17. The SMILES string of the molecule is Cn1nnc2c1CC(C(=O)N1CC[C@@H](O)[C@H]1c1ccc(Cl)cc1)CC2. The number of likely N-dealkylation sites (tertiary alicyclic amines) is 1. The zero-order valence-corrected chi connectivity index (χ0v) is 14.9. The van der Waals surface area contributed by atoms with Crippen LogP contribution in [0, 0.1) is 5.92 Å². The summed E-state index contributed by atoms with van der Waals surface area (Å²) in [5.74, 6) is 0.0353. The topological polar surface area (TPSA) is 71.2 Å². The highest BCUT2D eigenvalue weighted by Gasteiger charge is 2.40. The molecule has 0 radical (unpaired) electrons. The number of aliphatic hydroxyl groups excluding tert-OH is 1. The summed E-state index contributed by atoms with van der Waals surface area (Å²) < 4.78 is 1.77. The van der Waals surface area contributed by atoms with Gasteiger partial charge >= 0.3 is 0 Å². The lowest BCUT2D eigenvalue weighted by molar-refractivity contribution is -0.137. The molecule has 2 heterocycles. The van der Waals surface area contributed by atoms with Crippen LogP contribution >= 0.6 is 11.6 Å². The van der Waals surface area contributed by atoms with Crippen LogP contribution in [-0.2, 0) is 24.7 Å². The fraction of sp³-hybridized carbons (Fsp3) is 0.500. The van der Waals surface area contributed by atoms with Gasteiger partial charge in [0.2, 0.25) is 5.91 Å². The van der Waals surface area contributed by atoms with E-state index in [1.165, 1.54) is 0 Å². The summed E-state index contributed by atoms with van der Waals surface area (Å²) in [5, 5.41) is 19.3. The maximum absolute atomic E-state index is 13.2. The lowest BCUT2D eigenvalue weighted by atomic mass is 9.88. The van der Waals surface area contributed by atoms with E-state index in [0.29, 0.717) is 24.4 Å². The molecule has 0 bridgehead atoms. The Morgan fingerprint density at radius 2 is 2.04 bits per heavy atom. The van der Waals surface area contributed by atoms with E-state index in [2.05, 4.69) is 10.3 Å². The molecule has 1 amide bonds. The first-order valence-corrected chi connectivity index (χ1v) is 9.04. The van der Waals surface area contributed by atoms with Gasteiger partial charge < -0.3 is 10.0 Å². The summed E-state index contributed by atoms with van der Waals surface area (Å²) in [6, 6.07) is 7.10. The number of aryl methyl sites for hydroxylation is 2. The van der Waals surface area contributed by atoms with E-state index in [0.717, 1.165) is 29.8 Å². The standard InChI is InChI=1S/C18H21ClN4O2/c1-22-15-10-12(4-7-14(15)20-21-22)18(25)23-9-8-16(24)17(23)11-2-5-13(19)6-3-11/h2-3,5-6,12,16-17,24H,4,7-10H2,1H3/t12?,16-,17-/m1/s1. The quantitative estimate of drug-likeness (QED) is 0.888. The molecule has 25 heavy (non-hydrogen) atoms. The van der Waals surface area contributed by atoms with Crippen LogP contribution in [0.3, 0.4) is 0 Å². The van der Waals surface area contributed by atoms with Gasteiger partial charge in [0.05, 0.1) is 23.5 Å². The molecule has 0 saturated carbocycles. The van der Waals surface area contributed by atoms with Gasteiger partial charge in [0.1, 0.15) is 0 Å². The first kappa shape index (κ1) is 16.5. The molecule has 2 aromatic rings. The largest absolute Gasteiger partial charge is 0.391 e. The number of fused-ring (bicyclic) bond motifs is 1. The van der Waals surface area contributed by atoms with Crippen LogP contribution in [0.2, 0.25) is 5.02 Å². The van der Waals surface area contributed by atoms with Crippen LogP contribution in [0.5, 0.6) is 0 Å². The molecule has 6 nitrogen and oxygen atoms in total. The molecule has 4 rings (SSSR count). The van der Waals surface area contributed by atoms with Gasteiger partial charge in [-0.2, -0.15) is 0 Å². The molecular formula is C18H21ClN4O2. The molecule has 1 N–H and O–H groups in total. The average Bonchev–Trinajstić information content (AvgIpc) is 3.18. The van der Waals surface area contributed by atoms with Crippen molar-refractivity contribution in [2.24, 2.45) is 13.0 Å². The van der Waals surface area contributed by atoms with E-state index in [4.69, 9.17) is 11.6 Å². The minimum atomic E-state index is -0.539. The highest BCUT2D eigenvalue weighted by molar-refractivity contribution is 6.30. The zero-order valence-electron chi connectivity index (χ0n) is 14.1. The number of amides is 1. The number of halogens is 1.